The van der Waals surface area contributed by atoms with E-state index < -0.39 is 0 Å². The molecule has 0 aliphatic rings. The molecule has 20 heavy (non-hydrogen) atoms. The molecule has 0 aliphatic carbocycles. The molecule has 2 aromatic rings. The molecule has 1 aromatic carbocycles. The number of benzene rings is 1. The summed E-state index contributed by atoms with van der Waals surface area (Å²) in [7, 11) is 0. The van der Waals surface area contributed by atoms with Crippen LogP contribution >= 0.6 is 0 Å². The summed E-state index contributed by atoms with van der Waals surface area (Å²) in [6, 6.07) is 3.11. The number of halogens is 1. The zero-order valence-electron chi connectivity index (χ0n) is 12.8. The van der Waals surface area contributed by atoms with Crippen molar-refractivity contribution in [1.82, 2.24) is 9.78 Å². The van der Waals surface area contributed by atoms with Gasteiger partial charge in [0.1, 0.15) is 5.82 Å². The third kappa shape index (κ3) is 2.36. The standard InChI is InChI=1S/C16H22FN3/c1-6-13-11(4)19-20(12(13)5)16-7-9(2)15(17)8-14(16)10(3)18/h7-8,10H,6,18H2,1-5H3. The minimum Gasteiger partial charge on any atom is -0.324 e. The summed E-state index contributed by atoms with van der Waals surface area (Å²) in [4.78, 5) is 0. The van der Waals surface area contributed by atoms with Crippen molar-refractivity contribution in [3.63, 3.8) is 0 Å². The van der Waals surface area contributed by atoms with Gasteiger partial charge in [0, 0.05) is 11.7 Å². The molecular formula is C16H22FN3. The summed E-state index contributed by atoms with van der Waals surface area (Å²) in [6.45, 7) is 9.78. The van der Waals surface area contributed by atoms with Gasteiger partial charge < -0.3 is 5.73 Å². The third-order valence-electron chi connectivity index (χ3n) is 3.82. The molecule has 1 aromatic heterocycles. The van der Waals surface area contributed by atoms with Crippen LogP contribution in [0.25, 0.3) is 5.69 Å². The van der Waals surface area contributed by atoms with E-state index in [1.807, 2.05) is 31.5 Å². The van der Waals surface area contributed by atoms with Gasteiger partial charge in [0.2, 0.25) is 0 Å². The number of nitrogens with two attached hydrogens (primary N) is 1. The molecule has 1 atom stereocenters. The fraction of sp³-hybridized carbons (Fsp3) is 0.438. The van der Waals surface area contributed by atoms with Crippen molar-refractivity contribution in [2.45, 2.75) is 47.1 Å². The van der Waals surface area contributed by atoms with Crippen LogP contribution in [-0.4, -0.2) is 9.78 Å². The van der Waals surface area contributed by atoms with Gasteiger partial charge in [0.25, 0.3) is 0 Å². The van der Waals surface area contributed by atoms with Crippen molar-refractivity contribution in [3.05, 3.63) is 46.0 Å². The highest BCUT2D eigenvalue weighted by Crippen LogP contribution is 2.26. The molecule has 2 rings (SSSR count). The smallest absolute Gasteiger partial charge is 0.126 e. The first kappa shape index (κ1) is 14.7. The fourth-order valence-electron chi connectivity index (χ4n) is 2.65. The normalized spacial score (nSPS) is 12.8. The second-order valence-corrected chi connectivity index (χ2v) is 5.36. The van der Waals surface area contributed by atoms with E-state index in [4.69, 9.17) is 5.73 Å². The Labute approximate surface area is 119 Å². The lowest BCUT2D eigenvalue weighted by atomic mass is 10.0. The van der Waals surface area contributed by atoms with Crippen LogP contribution in [0.5, 0.6) is 0 Å². The molecule has 4 heteroatoms. The van der Waals surface area contributed by atoms with Crippen molar-refractivity contribution in [2.24, 2.45) is 5.73 Å². The number of aromatic nitrogens is 2. The van der Waals surface area contributed by atoms with Crippen LogP contribution < -0.4 is 5.73 Å². The Morgan fingerprint density at radius 2 is 1.95 bits per heavy atom. The van der Waals surface area contributed by atoms with Crippen LogP contribution in [0.1, 0.15) is 48.0 Å². The molecule has 0 saturated heterocycles. The summed E-state index contributed by atoms with van der Waals surface area (Å²) >= 11 is 0. The van der Waals surface area contributed by atoms with Crippen LogP contribution in [0.4, 0.5) is 4.39 Å². The monoisotopic (exact) mass is 275 g/mol. The second kappa shape index (κ2) is 5.37. The fourth-order valence-corrected chi connectivity index (χ4v) is 2.65. The molecule has 1 unspecified atom stereocenters. The van der Waals surface area contributed by atoms with Gasteiger partial charge in [-0.1, -0.05) is 6.92 Å². The highest BCUT2D eigenvalue weighted by Gasteiger charge is 2.17. The van der Waals surface area contributed by atoms with Crippen LogP contribution in [-0.2, 0) is 6.42 Å². The molecule has 0 aliphatic heterocycles. The van der Waals surface area contributed by atoms with Crippen LogP contribution in [0.2, 0.25) is 0 Å². The number of hydrogen-bond acceptors (Lipinski definition) is 2. The van der Waals surface area contributed by atoms with Gasteiger partial charge >= 0.3 is 0 Å². The van der Waals surface area contributed by atoms with Gasteiger partial charge in [-0.2, -0.15) is 5.10 Å². The predicted molar refractivity (Wildman–Crippen MR) is 79.7 cm³/mol. The van der Waals surface area contributed by atoms with Crippen LogP contribution in [0.3, 0.4) is 0 Å². The number of rotatable bonds is 3. The Balaban J connectivity index is 2.72. The summed E-state index contributed by atoms with van der Waals surface area (Å²) in [5.74, 6) is -0.224. The first-order chi connectivity index (χ1) is 9.36. The molecular weight excluding hydrogens is 253 g/mol. The topological polar surface area (TPSA) is 43.8 Å². The molecule has 0 saturated carbocycles. The maximum absolute atomic E-state index is 13.8. The summed E-state index contributed by atoms with van der Waals surface area (Å²) < 4.78 is 15.7. The zero-order valence-corrected chi connectivity index (χ0v) is 12.8. The molecule has 0 fully saturated rings. The first-order valence-corrected chi connectivity index (χ1v) is 6.97. The lowest BCUT2D eigenvalue weighted by Crippen LogP contribution is -2.12. The van der Waals surface area contributed by atoms with E-state index in [1.165, 1.54) is 11.6 Å². The Kier molecular flexibility index (Phi) is 3.95. The Morgan fingerprint density at radius 3 is 2.45 bits per heavy atom. The summed E-state index contributed by atoms with van der Waals surface area (Å²) in [5.41, 5.74) is 11.6. The van der Waals surface area contributed by atoms with E-state index in [2.05, 4.69) is 12.0 Å². The van der Waals surface area contributed by atoms with Gasteiger partial charge in [-0.05, 0) is 62.9 Å². The van der Waals surface area contributed by atoms with Crippen molar-refractivity contribution in [1.29, 1.82) is 0 Å². The molecule has 108 valence electrons. The van der Waals surface area contributed by atoms with Crippen LogP contribution in [0.15, 0.2) is 12.1 Å². The van der Waals surface area contributed by atoms with E-state index in [-0.39, 0.29) is 11.9 Å². The molecule has 3 nitrogen and oxygen atoms in total. The van der Waals surface area contributed by atoms with E-state index in [0.29, 0.717) is 5.56 Å². The minimum atomic E-state index is -0.242. The quantitative estimate of drug-likeness (QED) is 0.931. The number of hydrogen-bond donors (Lipinski definition) is 1. The van der Waals surface area contributed by atoms with Gasteiger partial charge in [-0.3, -0.25) is 0 Å². The van der Waals surface area contributed by atoms with Crippen molar-refractivity contribution in [2.75, 3.05) is 0 Å². The first-order valence-electron chi connectivity index (χ1n) is 6.97. The van der Waals surface area contributed by atoms with E-state index in [9.17, 15) is 4.39 Å². The maximum Gasteiger partial charge on any atom is 0.126 e. The average molecular weight is 275 g/mol. The maximum atomic E-state index is 13.8. The molecule has 0 spiro atoms. The Bertz CT molecular complexity index is 642. The van der Waals surface area contributed by atoms with Gasteiger partial charge in [0.05, 0.1) is 11.4 Å². The summed E-state index contributed by atoms with van der Waals surface area (Å²) in [5, 5.41) is 4.60. The van der Waals surface area contributed by atoms with Gasteiger partial charge in [0.15, 0.2) is 0 Å². The third-order valence-corrected chi connectivity index (χ3v) is 3.82. The average Bonchev–Trinajstić information content (AvgIpc) is 2.66. The zero-order chi connectivity index (χ0) is 15.0. The highest BCUT2D eigenvalue weighted by atomic mass is 19.1. The Hall–Kier alpha value is -1.68. The SMILES string of the molecule is CCc1c(C)nn(-c2cc(C)c(F)cc2C(C)N)c1C. The highest BCUT2D eigenvalue weighted by molar-refractivity contribution is 5.47. The molecule has 0 radical (unpaired) electrons. The van der Waals surface area contributed by atoms with E-state index in [0.717, 1.165) is 29.1 Å². The Morgan fingerprint density at radius 1 is 1.30 bits per heavy atom. The largest absolute Gasteiger partial charge is 0.324 e. The van der Waals surface area contributed by atoms with Gasteiger partial charge in [-0.25, -0.2) is 9.07 Å². The lowest BCUT2D eigenvalue weighted by Gasteiger charge is -2.16. The molecule has 0 bridgehead atoms. The molecule has 1 heterocycles. The summed E-state index contributed by atoms with van der Waals surface area (Å²) in [6.07, 6.45) is 0.936. The van der Waals surface area contributed by atoms with Crippen LogP contribution in [0, 0.1) is 26.6 Å². The second-order valence-electron chi connectivity index (χ2n) is 5.36. The van der Waals surface area contributed by atoms with E-state index in [1.54, 1.807) is 6.92 Å². The minimum absolute atomic E-state index is 0.224. The molecule has 0 amide bonds. The lowest BCUT2D eigenvalue weighted by molar-refractivity contribution is 0.610. The number of nitrogens with zero attached hydrogens (tertiary/aromatic N) is 2. The predicted octanol–water partition coefficient (Wildman–Crippen LogP) is 3.52. The van der Waals surface area contributed by atoms with Crippen molar-refractivity contribution in [3.8, 4) is 5.69 Å². The number of aryl methyl sites for hydroxylation is 2. The van der Waals surface area contributed by atoms with Gasteiger partial charge in [-0.15, -0.1) is 0 Å². The molecule has 2 N–H and O–H groups in total. The van der Waals surface area contributed by atoms with Crippen molar-refractivity contribution >= 4 is 0 Å². The van der Waals surface area contributed by atoms with E-state index >= 15 is 0 Å². The van der Waals surface area contributed by atoms with Crippen molar-refractivity contribution < 1.29 is 4.39 Å².